The van der Waals surface area contributed by atoms with Gasteiger partial charge in [-0.2, -0.15) is 5.10 Å². The topological polar surface area (TPSA) is 120 Å². The van der Waals surface area contributed by atoms with Crippen LogP contribution in [-0.4, -0.2) is 31.7 Å². The van der Waals surface area contributed by atoms with Crippen molar-refractivity contribution in [1.82, 2.24) is 14.8 Å². The maximum atomic E-state index is 11.4. The first-order chi connectivity index (χ1) is 12.9. The van der Waals surface area contributed by atoms with Crippen LogP contribution < -0.4 is 4.90 Å². The first kappa shape index (κ1) is 18.0. The molecule has 0 saturated carbocycles. The summed E-state index contributed by atoms with van der Waals surface area (Å²) in [5, 5.41) is 26.3. The van der Waals surface area contributed by atoms with E-state index in [9.17, 15) is 20.2 Å². The molecule has 1 heterocycles. The van der Waals surface area contributed by atoms with Gasteiger partial charge in [-0.15, -0.1) is 0 Å². The third-order valence-corrected chi connectivity index (χ3v) is 4.39. The Hall–Kier alpha value is -3.82. The maximum absolute atomic E-state index is 11.4. The maximum Gasteiger partial charge on any atom is 0.299 e. The van der Waals surface area contributed by atoms with Crippen LogP contribution in [0.15, 0.2) is 55.1 Å². The molecule has 0 aliphatic rings. The zero-order valence-corrected chi connectivity index (χ0v) is 14.6. The largest absolute Gasteiger partial charge is 0.362 e. The molecule has 10 nitrogen and oxygen atoms in total. The number of nitro benzene ring substituents is 2. The van der Waals surface area contributed by atoms with Gasteiger partial charge in [0.15, 0.2) is 0 Å². The van der Waals surface area contributed by atoms with Gasteiger partial charge < -0.3 is 4.90 Å². The summed E-state index contributed by atoms with van der Waals surface area (Å²) in [6.07, 6.45) is 3.03. The third-order valence-electron chi connectivity index (χ3n) is 4.39. The molecule has 0 saturated heterocycles. The number of benzene rings is 2. The third kappa shape index (κ3) is 3.59. The Morgan fingerprint density at radius 2 is 1.78 bits per heavy atom. The number of aromatic nitrogens is 3. The van der Waals surface area contributed by atoms with E-state index < -0.39 is 9.85 Å². The van der Waals surface area contributed by atoms with Crippen molar-refractivity contribution < 1.29 is 9.85 Å². The fourth-order valence-electron chi connectivity index (χ4n) is 2.75. The number of hydrogen-bond donors (Lipinski definition) is 0. The summed E-state index contributed by atoms with van der Waals surface area (Å²) in [4.78, 5) is 26.6. The van der Waals surface area contributed by atoms with E-state index in [2.05, 4.69) is 10.1 Å². The molecule has 0 aliphatic carbocycles. The molecular formula is C17H16N6O4. The van der Waals surface area contributed by atoms with Gasteiger partial charge in [0.2, 0.25) is 0 Å². The van der Waals surface area contributed by atoms with E-state index in [1.165, 1.54) is 18.5 Å². The Balaban J connectivity index is 1.90. The van der Waals surface area contributed by atoms with Crippen molar-refractivity contribution in [2.45, 2.75) is 13.0 Å². The molecule has 0 amide bonds. The predicted octanol–water partition coefficient (Wildman–Crippen LogP) is 3.28. The number of hydrogen-bond acceptors (Lipinski definition) is 7. The van der Waals surface area contributed by atoms with Gasteiger partial charge in [-0.05, 0) is 30.7 Å². The minimum Gasteiger partial charge on any atom is -0.362 e. The normalized spacial score (nSPS) is 11.8. The molecule has 138 valence electrons. The minimum absolute atomic E-state index is 0.199. The Kier molecular flexibility index (Phi) is 4.79. The van der Waals surface area contributed by atoms with E-state index in [4.69, 9.17) is 0 Å². The van der Waals surface area contributed by atoms with E-state index in [-0.39, 0.29) is 17.4 Å². The Labute approximate surface area is 154 Å². The van der Waals surface area contributed by atoms with Crippen LogP contribution in [0.4, 0.5) is 17.1 Å². The molecule has 3 rings (SSSR count). The van der Waals surface area contributed by atoms with E-state index in [1.54, 1.807) is 23.0 Å². The van der Waals surface area contributed by atoms with Crippen LogP contribution in [0.2, 0.25) is 0 Å². The van der Waals surface area contributed by atoms with Crippen molar-refractivity contribution in [3.05, 3.63) is 80.9 Å². The van der Waals surface area contributed by atoms with E-state index >= 15 is 0 Å². The lowest BCUT2D eigenvalue weighted by molar-refractivity contribution is -0.393. The van der Waals surface area contributed by atoms with Crippen LogP contribution in [0, 0.1) is 20.2 Å². The van der Waals surface area contributed by atoms with Crippen LogP contribution in [0.5, 0.6) is 0 Å². The molecule has 0 radical (unpaired) electrons. The summed E-state index contributed by atoms with van der Waals surface area (Å²) in [5.41, 5.74) is 1.45. The van der Waals surface area contributed by atoms with Crippen molar-refractivity contribution in [2.75, 3.05) is 11.9 Å². The van der Waals surface area contributed by atoms with Gasteiger partial charge in [-0.3, -0.25) is 20.2 Å². The number of anilines is 1. The fourth-order valence-corrected chi connectivity index (χ4v) is 2.75. The monoisotopic (exact) mass is 368 g/mol. The van der Waals surface area contributed by atoms with Gasteiger partial charge in [0.1, 0.15) is 18.3 Å². The molecule has 0 spiro atoms. The van der Waals surface area contributed by atoms with E-state index in [0.29, 0.717) is 5.69 Å². The molecule has 1 atom stereocenters. The van der Waals surface area contributed by atoms with Crippen molar-refractivity contribution in [3.63, 3.8) is 0 Å². The number of nitrogens with zero attached hydrogens (tertiary/aromatic N) is 6. The minimum atomic E-state index is -0.650. The molecule has 0 fully saturated rings. The van der Waals surface area contributed by atoms with Crippen molar-refractivity contribution in [2.24, 2.45) is 0 Å². The van der Waals surface area contributed by atoms with Gasteiger partial charge in [0, 0.05) is 13.1 Å². The first-order valence-corrected chi connectivity index (χ1v) is 7.99. The average Bonchev–Trinajstić information content (AvgIpc) is 3.21. The zero-order chi connectivity index (χ0) is 19.6. The molecule has 0 unspecified atom stereocenters. The van der Waals surface area contributed by atoms with E-state index in [1.807, 2.05) is 31.2 Å². The zero-order valence-electron chi connectivity index (χ0n) is 14.6. The highest BCUT2D eigenvalue weighted by molar-refractivity contribution is 5.67. The van der Waals surface area contributed by atoms with Gasteiger partial charge in [-0.1, -0.05) is 12.1 Å². The predicted molar refractivity (Wildman–Crippen MR) is 97.9 cm³/mol. The molecule has 0 bridgehead atoms. The van der Waals surface area contributed by atoms with Crippen LogP contribution in [-0.2, 0) is 0 Å². The lowest BCUT2D eigenvalue weighted by Crippen LogP contribution is -2.22. The van der Waals surface area contributed by atoms with Crippen LogP contribution >= 0.6 is 0 Å². The van der Waals surface area contributed by atoms with Crippen molar-refractivity contribution >= 4 is 17.1 Å². The highest BCUT2D eigenvalue weighted by atomic mass is 16.6. The molecular weight excluding hydrogens is 352 g/mol. The second-order valence-corrected chi connectivity index (χ2v) is 5.91. The number of rotatable bonds is 6. The van der Waals surface area contributed by atoms with Gasteiger partial charge in [-0.25, -0.2) is 9.67 Å². The molecule has 1 aromatic heterocycles. The SMILES string of the molecule is C[C@@H](c1ccc(-n2cncn2)cc1)N(C)c1ccc([N+](=O)[O-])cc1[N+](=O)[O-]. The summed E-state index contributed by atoms with van der Waals surface area (Å²) < 4.78 is 1.62. The second-order valence-electron chi connectivity index (χ2n) is 5.91. The van der Waals surface area contributed by atoms with Crippen LogP contribution in [0.25, 0.3) is 5.69 Å². The van der Waals surface area contributed by atoms with Gasteiger partial charge in [0.25, 0.3) is 11.4 Å². The van der Waals surface area contributed by atoms with Crippen LogP contribution in [0.3, 0.4) is 0 Å². The molecule has 3 aromatic rings. The number of nitro groups is 2. The summed E-state index contributed by atoms with van der Waals surface area (Å²) >= 11 is 0. The van der Waals surface area contributed by atoms with E-state index in [0.717, 1.165) is 17.3 Å². The van der Waals surface area contributed by atoms with Crippen molar-refractivity contribution in [1.29, 1.82) is 0 Å². The summed E-state index contributed by atoms with van der Waals surface area (Å²) in [5.74, 6) is 0. The Morgan fingerprint density at radius 1 is 1.07 bits per heavy atom. The highest BCUT2D eigenvalue weighted by Crippen LogP contribution is 2.35. The molecule has 10 heteroatoms. The smallest absolute Gasteiger partial charge is 0.299 e. The average molecular weight is 368 g/mol. The second kappa shape index (κ2) is 7.20. The fraction of sp³-hybridized carbons (Fsp3) is 0.176. The summed E-state index contributed by atoms with van der Waals surface area (Å²) in [7, 11) is 1.71. The molecule has 0 aliphatic heterocycles. The van der Waals surface area contributed by atoms with Gasteiger partial charge in [0.05, 0.1) is 27.6 Å². The molecule has 2 aromatic carbocycles. The number of non-ortho nitro benzene ring substituents is 1. The Bertz CT molecular complexity index is 972. The quantitative estimate of drug-likeness (QED) is 0.483. The lowest BCUT2D eigenvalue weighted by Gasteiger charge is -2.27. The van der Waals surface area contributed by atoms with Gasteiger partial charge >= 0.3 is 0 Å². The summed E-state index contributed by atoms with van der Waals surface area (Å²) in [6, 6.07) is 11.0. The standard InChI is InChI=1S/C17H16N6O4/c1-12(13-3-5-14(6-4-13)21-11-18-10-19-21)20(2)16-8-7-15(22(24)25)9-17(16)23(26)27/h3-12H,1-2H3/t12-/m0/s1. The molecule has 27 heavy (non-hydrogen) atoms. The highest BCUT2D eigenvalue weighted by Gasteiger charge is 2.24. The van der Waals surface area contributed by atoms with Crippen molar-refractivity contribution in [3.8, 4) is 5.69 Å². The summed E-state index contributed by atoms with van der Waals surface area (Å²) in [6.45, 7) is 1.90. The first-order valence-electron chi connectivity index (χ1n) is 7.99. The molecule has 0 N–H and O–H groups in total. The lowest BCUT2D eigenvalue weighted by atomic mass is 10.1. The van der Waals surface area contributed by atoms with Crippen LogP contribution in [0.1, 0.15) is 18.5 Å². The Morgan fingerprint density at radius 3 is 2.33 bits per heavy atom.